The fourth-order valence-corrected chi connectivity index (χ4v) is 1.65. The van der Waals surface area contributed by atoms with Crippen LogP contribution in [0, 0.1) is 6.92 Å². The summed E-state index contributed by atoms with van der Waals surface area (Å²) >= 11 is 0. The van der Waals surface area contributed by atoms with Crippen LogP contribution >= 0.6 is 0 Å². The summed E-state index contributed by atoms with van der Waals surface area (Å²) in [4.78, 5) is 12.0. The highest BCUT2D eigenvalue weighted by molar-refractivity contribution is 6.03. The third-order valence-corrected chi connectivity index (χ3v) is 2.44. The number of aromatic nitrogens is 3. The van der Waals surface area contributed by atoms with Crippen molar-refractivity contribution in [3.8, 4) is 0 Å². The van der Waals surface area contributed by atoms with Crippen LogP contribution in [0.4, 0.5) is 11.5 Å². The number of carbonyl (C=O) groups excluding carboxylic acids is 1. The third kappa shape index (κ3) is 2.30. The van der Waals surface area contributed by atoms with Gasteiger partial charge in [0, 0.05) is 24.5 Å². The molecule has 90 valence electrons. The quantitative estimate of drug-likeness (QED) is 0.748. The van der Waals surface area contributed by atoms with Gasteiger partial charge in [0.25, 0.3) is 5.91 Å². The molecule has 0 aliphatic heterocycles. The SMILES string of the molecule is CCn1cc(N)cc1C(=O)Nc1cc(C)[nH]n1. The fraction of sp³-hybridized carbons (Fsp3) is 0.273. The van der Waals surface area contributed by atoms with Gasteiger partial charge in [-0.05, 0) is 19.9 Å². The number of rotatable bonds is 3. The molecule has 4 N–H and O–H groups in total. The van der Waals surface area contributed by atoms with Gasteiger partial charge in [-0.2, -0.15) is 5.10 Å². The van der Waals surface area contributed by atoms with E-state index in [1.807, 2.05) is 13.8 Å². The number of amides is 1. The number of aromatic amines is 1. The first kappa shape index (κ1) is 11.3. The maximum absolute atomic E-state index is 12.0. The molecule has 2 heterocycles. The largest absolute Gasteiger partial charge is 0.397 e. The highest BCUT2D eigenvalue weighted by Gasteiger charge is 2.13. The Morgan fingerprint density at radius 3 is 2.94 bits per heavy atom. The standard InChI is InChI=1S/C11H15N5O/c1-3-16-6-8(12)5-9(16)11(17)13-10-4-7(2)14-15-10/h4-6H,3,12H2,1-2H3,(H2,13,14,15,17). The molecule has 0 radical (unpaired) electrons. The van der Waals surface area contributed by atoms with Crippen molar-refractivity contribution >= 4 is 17.4 Å². The molecule has 0 saturated carbocycles. The molecule has 2 rings (SSSR count). The van der Waals surface area contributed by atoms with Crippen LogP contribution in [0.25, 0.3) is 0 Å². The zero-order chi connectivity index (χ0) is 12.4. The van der Waals surface area contributed by atoms with E-state index in [1.165, 1.54) is 0 Å². The van der Waals surface area contributed by atoms with Crippen LogP contribution in [-0.2, 0) is 6.54 Å². The molecule has 2 aromatic heterocycles. The molecule has 0 unspecified atom stereocenters. The zero-order valence-corrected chi connectivity index (χ0v) is 9.82. The molecule has 6 heteroatoms. The Labute approximate surface area is 98.8 Å². The average Bonchev–Trinajstić information content (AvgIpc) is 2.84. The Balaban J connectivity index is 2.19. The number of hydrogen-bond donors (Lipinski definition) is 3. The number of H-pyrrole nitrogens is 1. The topological polar surface area (TPSA) is 88.7 Å². The van der Waals surface area contributed by atoms with Crippen LogP contribution in [0.2, 0.25) is 0 Å². The van der Waals surface area contributed by atoms with Crippen LogP contribution in [0.5, 0.6) is 0 Å². The van der Waals surface area contributed by atoms with E-state index in [0.29, 0.717) is 23.7 Å². The Morgan fingerprint density at radius 2 is 2.35 bits per heavy atom. The van der Waals surface area contributed by atoms with Gasteiger partial charge in [-0.25, -0.2) is 0 Å². The Hall–Kier alpha value is -2.24. The van der Waals surface area contributed by atoms with Crippen molar-refractivity contribution in [2.45, 2.75) is 20.4 Å². The number of nitrogens with two attached hydrogens (primary N) is 1. The van der Waals surface area contributed by atoms with Gasteiger partial charge in [-0.1, -0.05) is 0 Å². The second kappa shape index (κ2) is 4.32. The van der Waals surface area contributed by atoms with Gasteiger partial charge in [0.05, 0.1) is 5.69 Å². The van der Waals surface area contributed by atoms with E-state index < -0.39 is 0 Å². The molecule has 0 aliphatic carbocycles. The summed E-state index contributed by atoms with van der Waals surface area (Å²) in [5, 5.41) is 9.42. The molecular weight excluding hydrogens is 218 g/mol. The number of carbonyl (C=O) groups is 1. The smallest absolute Gasteiger partial charge is 0.273 e. The summed E-state index contributed by atoms with van der Waals surface area (Å²) in [6.45, 7) is 4.52. The molecule has 0 aromatic carbocycles. The lowest BCUT2D eigenvalue weighted by atomic mass is 10.3. The minimum Gasteiger partial charge on any atom is -0.397 e. The van der Waals surface area contributed by atoms with Gasteiger partial charge in [-0.3, -0.25) is 9.89 Å². The first-order chi connectivity index (χ1) is 8.10. The molecule has 2 aromatic rings. The molecule has 1 amide bonds. The maximum Gasteiger partial charge on any atom is 0.273 e. The van der Waals surface area contributed by atoms with Crippen molar-refractivity contribution in [3.05, 3.63) is 29.7 Å². The van der Waals surface area contributed by atoms with Crippen molar-refractivity contribution in [3.63, 3.8) is 0 Å². The molecule has 0 aliphatic rings. The number of aryl methyl sites for hydroxylation is 2. The van der Waals surface area contributed by atoms with Crippen molar-refractivity contribution in [2.24, 2.45) is 0 Å². The van der Waals surface area contributed by atoms with Gasteiger partial charge < -0.3 is 15.6 Å². The van der Waals surface area contributed by atoms with Gasteiger partial charge in [0.1, 0.15) is 5.69 Å². The van der Waals surface area contributed by atoms with Crippen molar-refractivity contribution in [2.75, 3.05) is 11.1 Å². The second-order valence-corrected chi connectivity index (χ2v) is 3.84. The molecule has 17 heavy (non-hydrogen) atoms. The summed E-state index contributed by atoms with van der Waals surface area (Å²) in [5.74, 6) is 0.296. The second-order valence-electron chi connectivity index (χ2n) is 3.84. The van der Waals surface area contributed by atoms with E-state index in [9.17, 15) is 4.79 Å². The number of nitrogens with zero attached hydrogens (tertiary/aromatic N) is 2. The van der Waals surface area contributed by atoms with Crippen LogP contribution in [-0.4, -0.2) is 20.7 Å². The maximum atomic E-state index is 12.0. The third-order valence-electron chi connectivity index (χ3n) is 2.44. The van der Waals surface area contributed by atoms with Gasteiger partial charge in [-0.15, -0.1) is 0 Å². The highest BCUT2D eigenvalue weighted by Crippen LogP contribution is 2.13. The predicted molar refractivity (Wildman–Crippen MR) is 65.8 cm³/mol. The molecule has 0 saturated heterocycles. The summed E-state index contributed by atoms with van der Waals surface area (Å²) in [6, 6.07) is 3.42. The normalized spacial score (nSPS) is 10.5. The van der Waals surface area contributed by atoms with Crippen LogP contribution in [0.1, 0.15) is 23.1 Å². The monoisotopic (exact) mass is 233 g/mol. The summed E-state index contributed by atoms with van der Waals surface area (Å²) in [6.07, 6.45) is 1.74. The first-order valence-corrected chi connectivity index (χ1v) is 5.39. The lowest BCUT2D eigenvalue weighted by molar-refractivity contribution is 0.101. The Morgan fingerprint density at radius 1 is 1.59 bits per heavy atom. The van der Waals surface area contributed by atoms with Crippen LogP contribution < -0.4 is 11.1 Å². The van der Waals surface area contributed by atoms with E-state index in [-0.39, 0.29) is 5.91 Å². The van der Waals surface area contributed by atoms with E-state index in [0.717, 1.165) is 5.69 Å². The number of hydrogen-bond acceptors (Lipinski definition) is 3. The molecular formula is C11H15N5O. The minimum absolute atomic E-state index is 0.213. The zero-order valence-electron chi connectivity index (χ0n) is 9.82. The van der Waals surface area contributed by atoms with E-state index in [4.69, 9.17) is 5.73 Å². The molecule has 0 atom stereocenters. The molecule has 0 fully saturated rings. The predicted octanol–water partition coefficient (Wildman–Crippen LogP) is 1.37. The molecule has 0 spiro atoms. The summed E-state index contributed by atoms with van der Waals surface area (Å²) < 4.78 is 1.80. The van der Waals surface area contributed by atoms with Gasteiger partial charge in [0.2, 0.25) is 0 Å². The van der Waals surface area contributed by atoms with Crippen molar-refractivity contribution in [1.82, 2.24) is 14.8 Å². The lowest BCUT2D eigenvalue weighted by Crippen LogP contribution is -2.16. The summed E-state index contributed by atoms with van der Waals surface area (Å²) in [5.41, 5.74) is 7.67. The van der Waals surface area contributed by atoms with Crippen LogP contribution in [0.15, 0.2) is 18.3 Å². The van der Waals surface area contributed by atoms with Crippen molar-refractivity contribution in [1.29, 1.82) is 0 Å². The minimum atomic E-state index is -0.213. The molecule has 6 nitrogen and oxygen atoms in total. The molecule has 0 bridgehead atoms. The van der Waals surface area contributed by atoms with Gasteiger partial charge >= 0.3 is 0 Å². The lowest BCUT2D eigenvalue weighted by Gasteiger charge is -2.05. The van der Waals surface area contributed by atoms with E-state index in [1.54, 1.807) is 22.9 Å². The van der Waals surface area contributed by atoms with E-state index in [2.05, 4.69) is 15.5 Å². The highest BCUT2D eigenvalue weighted by atomic mass is 16.2. The Kier molecular flexibility index (Phi) is 2.86. The van der Waals surface area contributed by atoms with Crippen molar-refractivity contribution < 1.29 is 4.79 Å². The van der Waals surface area contributed by atoms with Gasteiger partial charge in [0.15, 0.2) is 5.82 Å². The van der Waals surface area contributed by atoms with Crippen LogP contribution in [0.3, 0.4) is 0 Å². The summed E-state index contributed by atoms with van der Waals surface area (Å²) in [7, 11) is 0. The number of nitrogens with one attached hydrogen (secondary N) is 2. The Bertz CT molecular complexity index is 540. The fourth-order valence-electron chi connectivity index (χ4n) is 1.65. The number of nitrogen functional groups attached to an aromatic ring is 1. The average molecular weight is 233 g/mol. The van der Waals surface area contributed by atoms with E-state index >= 15 is 0 Å². The first-order valence-electron chi connectivity index (χ1n) is 5.39. The number of anilines is 2.